The van der Waals surface area contributed by atoms with Gasteiger partial charge in [0.1, 0.15) is 11.2 Å². The number of guanidine groups is 1. The maximum Gasteiger partial charge on any atom is 0.257 e. The van der Waals surface area contributed by atoms with Crippen molar-refractivity contribution in [2.45, 2.75) is 89.0 Å². The zero-order valence-corrected chi connectivity index (χ0v) is 19.5. The molecule has 2 heterocycles. The Morgan fingerprint density at radius 3 is 2.53 bits per heavy atom. The van der Waals surface area contributed by atoms with Gasteiger partial charge in [-0.1, -0.05) is 51.0 Å². The van der Waals surface area contributed by atoms with Gasteiger partial charge in [0, 0.05) is 19.7 Å². The molecule has 0 spiro atoms. The standard InChI is InChI=1S/C26H38N4O2/c1-30-24(32)26(29-25(30)27,14-13-19-8-3-2-4-9-19)18-21-11-7-10-20(16-21)17-23(31)22-12-5-6-15-28-22/h5-6,12,15,19-21H,2-4,7-11,13-14,16-18H2,1H3,(H2,27,29)/t20-,21+,26-/m1/s1. The summed E-state index contributed by atoms with van der Waals surface area (Å²) in [6.45, 7) is 0. The van der Waals surface area contributed by atoms with E-state index < -0.39 is 5.54 Å². The quantitative estimate of drug-likeness (QED) is 0.594. The van der Waals surface area contributed by atoms with Crippen LogP contribution in [0.2, 0.25) is 0 Å². The third-order valence-electron chi connectivity index (χ3n) is 8.01. The maximum absolute atomic E-state index is 13.3. The van der Waals surface area contributed by atoms with Crippen LogP contribution in [0.5, 0.6) is 0 Å². The molecule has 2 N–H and O–H groups in total. The van der Waals surface area contributed by atoms with E-state index in [1.807, 2.05) is 12.1 Å². The molecule has 1 aromatic rings. The predicted octanol–water partition coefficient (Wildman–Crippen LogP) is 4.74. The van der Waals surface area contributed by atoms with E-state index in [0.29, 0.717) is 35.8 Å². The van der Waals surface area contributed by atoms with Gasteiger partial charge in [-0.25, -0.2) is 4.99 Å². The van der Waals surface area contributed by atoms with Crippen LogP contribution in [0.25, 0.3) is 0 Å². The van der Waals surface area contributed by atoms with Gasteiger partial charge in [0.2, 0.25) is 0 Å². The number of carbonyl (C=O) groups excluding carboxylic acids is 2. The van der Waals surface area contributed by atoms with Crippen molar-refractivity contribution in [1.82, 2.24) is 9.88 Å². The fourth-order valence-corrected chi connectivity index (χ4v) is 6.22. The van der Waals surface area contributed by atoms with E-state index in [-0.39, 0.29) is 11.7 Å². The van der Waals surface area contributed by atoms with Gasteiger partial charge in [-0.3, -0.25) is 19.5 Å². The Balaban J connectivity index is 1.41. The third-order valence-corrected chi connectivity index (χ3v) is 8.01. The van der Waals surface area contributed by atoms with Crippen LogP contribution >= 0.6 is 0 Å². The normalized spacial score (nSPS) is 29.2. The summed E-state index contributed by atoms with van der Waals surface area (Å²) < 4.78 is 0. The van der Waals surface area contributed by atoms with Gasteiger partial charge in [0.15, 0.2) is 11.7 Å². The lowest BCUT2D eigenvalue weighted by Gasteiger charge is -2.35. The number of rotatable bonds is 8. The number of nitrogens with zero attached hydrogens (tertiary/aromatic N) is 3. The molecule has 2 saturated carbocycles. The average Bonchev–Trinajstić information content (AvgIpc) is 3.03. The van der Waals surface area contributed by atoms with Crippen molar-refractivity contribution in [3.8, 4) is 0 Å². The van der Waals surface area contributed by atoms with Crippen LogP contribution in [0, 0.1) is 17.8 Å². The average molecular weight is 439 g/mol. The van der Waals surface area contributed by atoms with Crippen LogP contribution in [0.3, 0.4) is 0 Å². The number of carbonyl (C=O) groups is 2. The van der Waals surface area contributed by atoms with Crippen molar-refractivity contribution in [2.75, 3.05) is 7.05 Å². The van der Waals surface area contributed by atoms with E-state index in [2.05, 4.69) is 4.98 Å². The number of hydrogen-bond acceptors (Lipinski definition) is 5. The molecule has 1 aromatic heterocycles. The van der Waals surface area contributed by atoms with Crippen LogP contribution in [0.4, 0.5) is 0 Å². The second-order valence-electron chi connectivity index (χ2n) is 10.4. The first-order valence-electron chi connectivity index (χ1n) is 12.5. The van der Waals surface area contributed by atoms with Gasteiger partial charge in [0.25, 0.3) is 5.91 Å². The van der Waals surface area contributed by atoms with Crippen molar-refractivity contribution in [3.63, 3.8) is 0 Å². The molecule has 4 rings (SSSR count). The molecule has 0 bridgehead atoms. The summed E-state index contributed by atoms with van der Waals surface area (Å²) >= 11 is 0. The highest BCUT2D eigenvalue weighted by molar-refractivity contribution is 6.06. The first kappa shape index (κ1) is 22.9. The number of pyridine rings is 1. The van der Waals surface area contributed by atoms with Crippen molar-refractivity contribution in [1.29, 1.82) is 0 Å². The molecule has 6 heteroatoms. The Hall–Kier alpha value is -2.24. The summed E-state index contributed by atoms with van der Waals surface area (Å²) in [5, 5.41) is 0. The zero-order valence-electron chi connectivity index (χ0n) is 19.5. The first-order chi connectivity index (χ1) is 15.5. The first-order valence-corrected chi connectivity index (χ1v) is 12.5. The molecule has 32 heavy (non-hydrogen) atoms. The van der Waals surface area contributed by atoms with Crippen LogP contribution < -0.4 is 5.73 Å². The second-order valence-corrected chi connectivity index (χ2v) is 10.4. The van der Waals surface area contributed by atoms with Crippen LogP contribution in [0.1, 0.15) is 94.0 Å². The number of ketones is 1. The third kappa shape index (κ3) is 5.21. The minimum atomic E-state index is -0.701. The molecule has 0 aromatic carbocycles. The monoisotopic (exact) mass is 438 g/mol. The molecule has 6 nitrogen and oxygen atoms in total. The number of aromatic nitrogens is 1. The number of amides is 1. The van der Waals surface area contributed by atoms with E-state index in [1.54, 1.807) is 24.2 Å². The Labute approximate surface area is 192 Å². The lowest BCUT2D eigenvalue weighted by Crippen LogP contribution is -2.44. The molecular formula is C26H38N4O2. The molecule has 0 saturated heterocycles. The van der Waals surface area contributed by atoms with Crippen molar-refractivity contribution in [3.05, 3.63) is 30.1 Å². The molecular weight excluding hydrogens is 400 g/mol. The molecule has 1 aliphatic heterocycles. The van der Waals surface area contributed by atoms with Crippen LogP contribution in [-0.4, -0.2) is 40.1 Å². The summed E-state index contributed by atoms with van der Waals surface area (Å²) in [6.07, 6.45) is 15.6. The summed E-state index contributed by atoms with van der Waals surface area (Å²) in [6, 6.07) is 5.50. The molecule has 3 aliphatic rings. The summed E-state index contributed by atoms with van der Waals surface area (Å²) in [5.41, 5.74) is 5.98. The maximum atomic E-state index is 13.3. The van der Waals surface area contributed by atoms with Gasteiger partial charge in [0.05, 0.1) is 0 Å². The topological polar surface area (TPSA) is 88.7 Å². The summed E-state index contributed by atoms with van der Waals surface area (Å²) in [4.78, 5) is 36.5. The molecule has 0 unspecified atom stereocenters. The molecule has 1 amide bonds. The van der Waals surface area contributed by atoms with E-state index in [4.69, 9.17) is 10.7 Å². The number of hydrogen-bond donors (Lipinski definition) is 1. The summed E-state index contributed by atoms with van der Waals surface area (Å²) in [5.74, 6) is 2.03. The van der Waals surface area contributed by atoms with Crippen molar-refractivity contribution in [2.24, 2.45) is 28.5 Å². The predicted molar refractivity (Wildman–Crippen MR) is 126 cm³/mol. The fourth-order valence-electron chi connectivity index (χ4n) is 6.22. The highest BCUT2D eigenvalue weighted by Crippen LogP contribution is 2.42. The van der Waals surface area contributed by atoms with Gasteiger partial charge >= 0.3 is 0 Å². The largest absolute Gasteiger partial charge is 0.369 e. The minimum absolute atomic E-state index is 0.0671. The van der Waals surface area contributed by atoms with E-state index in [9.17, 15) is 9.59 Å². The Morgan fingerprint density at radius 1 is 1.09 bits per heavy atom. The van der Waals surface area contributed by atoms with Crippen LogP contribution in [-0.2, 0) is 4.79 Å². The van der Waals surface area contributed by atoms with Crippen molar-refractivity contribution >= 4 is 17.6 Å². The Bertz CT molecular complexity index is 833. The lowest BCUT2D eigenvalue weighted by atomic mass is 9.71. The molecule has 174 valence electrons. The van der Waals surface area contributed by atoms with Crippen molar-refractivity contribution < 1.29 is 9.59 Å². The van der Waals surface area contributed by atoms with Gasteiger partial charge in [-0.2, -0.15) is 0 Å². The second kappa shape index (κ2) is 10.1. The summed E-state index contributed by atoms with van der Waals surface area (Å²) in [7, 11) is 1.75. The van der Waals surface area contributed by atoms with Gasteiger partial charge in [-0.05, 0) is 62.0 Å². The zero-order chi connectivity index (χ0) is 22.6. The number of Topliss-reactive ketones (excluding diaryl/α,β-unsaturated/α-hetero) is 1. The van der Waals surface area contributed by atoms with E-state index >= 15 is 0 Å². The van der Waals surface area contributed by atoms with E-state index in [1.165, 1.54) is 32.1 Å². The van der Waals surface area contributed by atoms with Gasteiger partial charge in [-0.15, -0.1) is 0 Å². The van der Waals surface area contributed by atoms with Gasteiger partial charge < -0.3 is 5.73 Å². The smallest absolute Gasteiger partial charge is 0.257 e. The highest BCUT2D eigenvalue weighted by Gasteiger charge is 2.48. The fraction of sp³-hybridized carbons (Fsp3) is 0.692. The number of likely N-dealkylation sites (N-methyl/N-ethyl adjacent to an activating group) is 1. The SMILES string of the molecule is CN1C(=O)[C@@](CCC2CCCCC2)(C[C@H]2CCC[C@@H](CC(=O)c3ccccn3)C2)N=C1N. The number of nitrogens with two attached hydrogens (primary N) is 1. The van der Waals surface area contributed by atoms with Crippen LogP contribution in [0.15, 0.2) is 29.4 Å². The Morgan fingerprint density at radius 2 is 1.84 bits per heavy atom. The Kier molecular flexibility index (Phi) is 7.27. The molecule has 2 aliphatic carbocycles. The molecule has 0 radical (unpaired) electrons. The lowest BCUT2D eigenvalue weighted by molar-refractivity contribution is -0.131. The molecule has 2 fully saturated rings. The minimum Gasteiger partial charge on any atom is -0.369 e. The number of aliphatic imine (C=N–C) groups is 1. The highest BCUT2D eigenvalue weighted by atomic mass is 16.2. The van der Waals surface area contributed by atoms with E-state index in [0.717, 1.165) is 44.9 Å². The molecule has 3 atom stereocenters.